The van der Waals surface area contributed by atoms with Crippen molar-refractivity contribution in [1.29, 1.82) is 0 Å². The van der Waals surface area contributed by atoms with Crippen LogP contribution in [0.4, 0.5) is 4.79 Å². The molecule has 3 amide bonds. The molecule has 3 rings (SSSR count). The first-order chi connectivity index (χ1) is 12.1. The summed E-state index contributed by atoms with van der Waals surface area (Å²) in [6.45, 7) is 1.63. The fourth-order valence-corrected chi connectivity index (χ4v) is 2.73. The SMILES string of the molecule is COc1ccc(-c2[nH]ncc2CNC(=O)CN2CCN(C)C2=O)cc1. The van der Waals surface area contributed by atoms with E-state index >= 15 is 0 Å². The highest BCUT2D eigenvalue weighted by Gasteiger charge is 2.26. The summed E-state index contributed by atoms with van der Waals surface area (Å²) in [5, 5.41) is 9.87. The number of hydrogen-bond donors (Lipinski definition) is 2. The highest BCUT2D eigenvalue weighted by Crippen LogP contribution is 2.23. The van der Waals surface area contributed by atoms with Gasteiger partial charge in [-0.15, -0.1) is 0 Å². The van der Waals surface area contributed by atoms with Crippen LogP contribution in [0.3, 0.4) is 0 Å². The van der Waals surface area contributed by atoms with Crippen molar-refractivity contribution in [3.8, 4) is 17.0 Å². The molecule has 1 aliphatic heterocycles. The molecule has 0 bridgehead atoms. The lowest BCUT2D eigenvalue weighted by atomic mass is 10.1. The standard InChI is InChI=1S/C17H21N5O3/c1-21-7-8-22(17(21)24)11-15(23)18-9-13-10-19-20-16(13)12-3-5-14(25-2)6-4-12/h3-6,10H,7-9,11H2,1-2H3,(H,18,23)(H,19,20). The lowest BCUT2D eigenvalue weighted by Gasteiger charge is -2.15. The van der Waals surface area contributed by atoms with Crippen molar-refractivity contribution in [1.82, 2.24) is 25.3 Å². The monoisotopic (exact) mass is 343 g/mol. The molecule has 25 heavy (non-hydrogen) atoms. The smallest absolute Gasteiger partial charge is 0.320 e. The van der Waals surface area contributed by atoms with Crippen LogP contribution < -0.4 is 10.1 Å². The Kier molecular flexibility index (Phi) is 4.87. The number of hydrogen-bond acceptors (Lipinski definition) is 4. The van der Waals surface area contributed by atoms with E-state index in [0.29, 0.717) is 19.6 Å². The summed E-state index contributed by atoms with van der Waals surface area (Å²) >= 11 is 0. The second kappa shape index (κ2) is 7.25. The Bertz CT molecular complexity index is 756. The lowest BCUT2D eigenvalue weighted by molar-refractivity contribution is -0.121. The third kappa shape index (κ3) is 3.73. The average molecular weight is 343 g/mol. The van der Waals surface area contributed by atoms with Gasteiger partial charge in [0.05, 0.1) is 19.0 Å². The number of rotatable bonds is 6. The zero-order valence-corrected chi connectivity index (χ0v) is 14.3. The van der Waals surface area contributed by atoms with E-state index in [0.717, 1.165) is 22.6 Å². The van der Waals surface area contributed by atoms with Crippen LogP contribution in [-0.2, 0) is 11.3 Å². The van der Waals surface area contributed by atoms with Gasteiger partial charge >= 0.3 is 6.03 Å². The number of benzene rings is 1. The number of likely N-dealkylation sites (N-methyl/N-ethyl adjacent to an activating group) is 1. The highest BCUT2D eigenvalue weighted by molar-refractivity contribution is 5.85. The van der Waals surface area contributed by atoms with Gasteiger partial charge in [0.15, 0.2) is 0 Å². The van der Waals surface area contributed by atoms with Gasteiger partial charge in [0.25, 0.3) is 0 Å². The summed E-state index contributed by atoms with van der Waals surface area (Å²) in [6, 6.07) is 7.48. The Balaban J connectivity index is 1.59. The Hall–Kier alpha value is -3.03. The summed E-state index contributed by atoms with van der Waals surface area (Å²) in [4.78, 5) is 27.1. The normalized spacial score (nSPS) is 14.1. The predicted octanol–water partition coefficient (Wildman–Crippen LogP) is 1.07. The van der Waals surface area contributed by atoms with Crippen molar-refractivity contribution >= 4 is 11.9 Å². The number of ether oxygens (including phenoxy) is 1. The summed E-state index contributed by atoms with van der Waals surface area (Å²) in [7, 11) is 3.35. The summed E-state index contributed by atoms with van der Waals surface area (Å²) in [6.07, 6.45) is 1.69. The fourth-order valence-electron chi connectivity index (χ4n) is 2.73. The zero-order valence-electron chi connectivity index (χ0n) is 14.3. The summed E-state index contributed by atoms with van der Waals surface area (Å²) in [5.41, 5.74) is 2.68. The second-order valence-electron chi connectivity index (χ2n) is 5.90. The van der Waals surface area contributed by atoms with Gasteiger partial charge in [0, 0.05) is 37.8 Å². The van der Waals surface area contributed by atoms with E-state index in [-0.39, 0.29) is 18.5 Å². The number of amides is 3. The number of nitrogens with one attached hydrogen (secondary N) is 2. The van der Waals surface area contributed by atoms with E-state index in [9.17, 15) is 9.59 Å². The number of aromatic nitrogens is 2. The molecule has 1 aromatic heterocycles. The van der Waals surface area contributed by atoms with Crippen molar-refractivity contribution in [2.75, 3.05) is 33.8 Å². The topological polar surface area (TPSA) is 90.6 Å². The van der Waals surface area contributed by atoms with E-state index in [1.54, 1.807) is 25.3 Å². The molecule has 0 aliphatic carbocycles. The zero-order chi connectivity index (χ0) is 17.8. The van der Waals surface area contributed by atoms with Crippen LogP contribution in [0.2, 0.25) is 0 Å². The molecule has 1 saturated heterocycles. The number of aromatic amines is 1. The van der Waals surface area contributed by atoms with Crippen LogP contribution in [0.15, 0.2) is 30.5 Å². The molecule has 1 aliphatic rings. The second-order valence-corrected chi connectivity index (χ2v) is 5.90. The third-order valence-electron chi connectivity index (χ3n) is 4.21. The number of carbonyl (C=O) groups excluding carboxylic acids is 2. The van der Waals surface area contributed by atoms with Crippen molar-refractivity contribution in [2.24, 2.45) is 0 Å². The number of nitrogens with zero attached hydrogens (tertiary/aromatic N) is 3. The molecule has 0 saturated carbocycles. The maximum atomic E-state index is 12.1. The Morgan fingerprint density at radius 3 is 2.72 bits per heavy atom. The van der Waals surface area contributed by atoms with Crippen LogP contribution >= 0.6 is 0 Å². The van der Waals surface area contributed by atoms with E-state index in [2.05, 4.69) is 15.5 Å². The van der Waals surface area contributed by atoms with Gasteiger partial charge in [-0.1, -0.05) is 0 Å². The number of carbonyl (C=O) groups is 2. The van der Waals surface area contributed by atoms with Crippen LogP contribution in [0.25, 0.3) is 11.3 Å². The van der Waals surface area contributed by atoms with Crippen LogP contribution in [0.1, 0.15) is 5.56 Å². The van der Waals surface area contributed by atoms with Gasteiger partial charge in [-0.3, -0.25) is 9.89 Å². The maximum absolute atomic E-state index is 12.1. The van der Waals surface area contributed by atoms with Gasteiger partial charge < -0.3 is 19.9 Å². The molecule has 0 atom stereocenters. The molecule has 1 aromatic carbocycles. The molecule has 0 unspecified atom stereocenters. The lowest BCUT2D eigenvalue weighted by Crippen LogP contribution is -2.39. The summed E-state index contributed by atoms with van der Waals surface area (Å²) < 4.78 is 5.16. The number of H-pyrrole nitrogens is 1. The van der Waals surface area contributed by atoms with E-state index < -0.39 is 0 Å². The van der Waals surface area contributed by atoms with Gasteiger partial charge in [-0.2, -0.15) is 5.10 Å². The van der Waals surface area contributed by atoms with Crippen molar-refractivity contribution < 1.29 is 14.3 Å². The number of urea groups is 1. The minimum absolute atomic E-state index is 0.0683. The van der Waals surface area contributed by atoms with Crippen LogP contribution in [0, 0.1) is 0 Å². The van der Waals surface area contributed by atoms with Crippen LogP contribution in [-0.4, -0.2) is 65.7 Å². The summed E-state index contributed by atoms with van der Waals surface area (Å²) in [5.74, 6) is 0.587. The van der Waals surface area contributed by atoms with E-state index in [1.807, 2.05) is 24.3 Å². The molecule has 2 aromatic rings. The van der Waals surface area contributed by atoms with Gasteiger partial charge in [-0.25, -0.2) is 4.79 Å². The maximum Gasteiger partial charge on any atom is 0.320 e. The van der Waals surface area contributed by atoms with Crippen LogP contribution in [0.5, 0.6) is 5.75 Å². The molecule has 0 spiro atoms. The van der Waals surface area contributed by atoms with Gasteiger partial charge in [0.2, 0.25) is 5.91 Å². The van der Waals surface area contributed by atoms with Gasteiger partial charge in [-0.05, 0) is 24.3 Å². The minimum Gasteiger partial charge on any atom is -0.497 e. The molecule has 2 heterocycles. The Morgan fingerprint density at radius 2 is 2.08 bits per heavy atom. The van der Waals surface area contributed by atoms with E-state index in [4.69, 9.17) is 4.74 Å². The molecule has 2 N–H and O–H groups in total. The first kappa shape index (κ1) is 16.8. The Morgan fingerprint density at radius 1 is 1.32 bits per heavy atom. The molecule has 8 nitrogen and oxygen atoms in total. The predicted molar refractivity (Wildman–Crippen MR) is 92.0 cm³/mol. The first-order valence-corrected chi connectivity index (χ1v) is 8.02. The van der Waals surface area contributed by atoms with E-state index in [1.165, 1.54) is 4.90 Å². The highest BCUT2D eigenvalue weighted by atomic mass is 16.5. The fraction of sp³-hybridized carbons (Fsp3) is 0.353. The largest absolute Gasteiger partial charge is 0.497 e. The molecule has 8 heteroatoms. The minimum atomic E-state index is -0.189. The molecular weight excluding hydrogens is 322 g/mol. The first-order valence-electron chi connectivity index (χ1n) is 8.02. The van der Waals surface area contributed by atoms with Gasteiger partial charge in [0.1, 0.15) is 12.3 Å². The van der Waals surface area contributed by atoms with Crippen molar-refractivity contribution in [2.45, 2.75) is 6.54 Å². The quantitative estimate of drug-likeness (QED) is 0.821. The third-order valence-corrected chi connectivity index (χ3v) is 4.21. The van der Waals surface area contributed by atoms with Crippen molar-refractivity contribution in [3.05, 3.63) is 36.0 Å². The van der Waals surface area contributed by atoms with Crippen molar-refractivity contribution in [3.63, 3.8) is 0 Å². The Labute approximate surface area is 145 Å². The number of methoxy groups -OCH3 is 1. The molecular formula is C17H21N5O3. The molecule has 0 radical (unpaired) electrons. The molecule has 132 valence electrons. The molecule has 1 fully saturated rings. The average Bonchev–Trinajstić information content (AvgIpc) is 3.22.